The van der Waals surface area contributed by atoms with E-state index in [0.29, 0.717) is 0 Å². The van der Waals surface area contributed by atoms with Gasteiger partial charge in [-0.2, -0.15) is 0 Å². The van der Waals surface area contributed by atoms with Crippen LogP contribution in [0.3, 0.4) is 0 Å². The van der Waals surface area contributed by atoms with Crippen LogP contribution in [0.2, 0.25) is 0 Å². The smallest absolute Gasteiger partial charge is 0.143 e. The molecule has 0 fully saturated rings. The van der Waals surface area contributed by atoms with E-state index in [9.17, 15) is 0 Å². The summed E-state index contributed by atoms with van der Waals surface area (Å²) < 4.78 is 19.8. The predicted octanol–water partition coefficient (Wildman–Crippen LogP) is 14.7. The lowest BCUT2D eigenvalue weighted by Crippen LogP contribution is -1.91. The number of benzene rings is 9. The molecule has 0 unspecified atom stereocenters. The second-order valence-corrected chi connectivity index (χ2v) is 13.9. The molecule has 12 rings (SSSR count). The first-order valence-electron chi connectivity index (χ1n) is 18.0. The van der Waals surface area contributed by atoms with Crippen LogP contribution in [0.5, 0.6) is 0 Å². The Morgan fingerprint density at radius 1 is 0.264 bits per heavy atom. The summed E-state index contributed by atoms with van der Waals surface area (Å²) in [6, 6.07) is 60.0. The lowest BCUT2D eigenvalue weighted by molar-refractivity contribution is 0.664. The minimum Gasteiger partial charge on any atom is -0.456 e. The van der Waals surface area contributed by atoms with Crippen molar-refractivity contribution in [3.63, 3.8) is 0 Å². The van der Waals surface area contributed by atoms with E-state index in [0.717, 1.165) is 88.1 Å². The molecule has 3 heterocycles. The zero-order valence-electron chi connectivity index (χ0n) is 28.4. The number of para-hydroxylation sites is 3. The molecule has 0 saturated heterocycles. The summed E-state index contributed by atoms with van der Waals surface area (Å²) in [6.07, 6.45) is 0. The lowest BCUT2D eigenvalue weighted by atomic mass is 9.85. The van der Waals surface area contributed by atoms with Crippen LogP contribution in [0.15, 0.2) is 183 Å². The van der Waals surface area contributed by atoms with Gasteiger partial charge in [0.05, 0.1) is 0 Å². The highest BCUT2D eigenvalue weighted by molar-refractivity contribution is 6.30. The van der Waals surface area contributed by atoms with E-state index in [2.05, 4.69) is 146 Å². The van der Waals surface area contributed by atoms with Gasteiger partial charge in [0.1, 0.15) is 33.5 Å². The molecule has 0 radical (unpaired) electrons. The van der Waals surface area contributed by atoms with Gasteiger partial charge in [0, 0.05) is 49.0 Å². The molecule has 0 aliphatic heterocycles. The zero-order valence-corrected chi connectivity index (χ0v) is 28.4. The average Bonchev–Trinajstić information content (AvgIpc) is 3.91. The van der Waals surface area contributed by atoms with Crippen molar-refractivity contribution in [2.75, 3.05) is 0 Å². The second-order valence-electron chi connectivity index (χ2n) is 13.9. The van der Waals surface area contributed by atoms with Crippen molar-refractivity contribution >= 4 is 87.4 Å². The van der Waals surface area contributed by atoms with E-state index >= 15 is 0 Å². The van der Waals surface area contributed by atoms with Gasteiger partial charge < -0.3 is 13.3 Å². The predicted molar refractivity (Wildman–Crippen MR) is 220 cm³/mol. The van der Waals surface area contributed by atoms with Gasteiger partial charge in [-0.15, -0.1) is 0 Å². The fraction of sp³-hybridized carbons (Fsp3) is 0. The van der Waals surface area contributed by atoms with Gasteiger partial charge >= 0.3 is 0 Å². The summed E-state index contributed by atoms with van der Waals surface area (Å²) >= 11 is 0. The third kappa shape index (κ3) is 3.99. The summed E-state index contributed by atoms with van der Waals surface area (Å²) in [4.78, 5) is 0. The number of hydrogen-bond acceptors (Lipinski definition) is 3. The molecule has 3 aromatic heterocycles. The molecule has 3 heteroatoms. The van der Waals surface area contributed by atoms with Crippen LogP contribution in [-0.2, 0) is 0 Å². The van der Waals surface area contributed by atoms with Gasteiger partial charge in [0.2, 0.25) is 0 Å². The van der Waals surface area contributed by atoms with E-state index in [1.165, 1.54) is 32.7 Å². The molecular weight excluding hydrogens is 649 g/mol. The molecule has 246 valence electrons. The van der Waals surface area contributed by atoms with Crippen molar-refractivity contribution in [2.45, 2.75) is 0 Å². The van der Waals surface area contributed by atoms with Crippen LogP contribution in [0, 0.1) is 0 Å². The van der Waals surface area contributed by atoms with Crippen LogP contribution < -0.4 is 0 Å². The van der Waals surface area contributed by atoms with E-state index in [1.54, 1.807) is 0 Å². The molecule has 0 N–H and O–H groups in total. The Morgan fingerprint density at radius 2 is 0.755 bits per heavy atom. The normalized spacial score (nSPS) is 12.2. The minimum absolute atomic E-state index is 0.846. The van der Waals surface area contributed by atoms with Crippen molar-refractivity contribution in [1.29, 1.82) is 0 Å². The summed E-state index contributed by atoms with van der Waals surface area (Å²) in [7, 11) is 0. The van der Waals surface area contributed by atoms with Gasteiger partial charge in [-0.25, -0.2) is 0 Å². The first-order valence-corrected chi connectivity index (χ1v) is 18.0. The van der Waals surface area contributed by atoms with Crippen LogP contribution in [0.25, 0.3) is 121 Å². The topological polar surface area (TPSA) is 39.4 Å². The van der Waals surface area contributed by atoms with Gasteiger partial charge in [-0.05, 0) is 68.6 Å². The Bertz CT molecular complexity index is 3390. The molecular formula is C50H28O3. The average molecular weight is 677 g/mol. The Kier molecular flexibility index (Phi) is 5.77. The molecule has 0 saturated carbocycles. The Morgan fingerprint density at radius 3 is 1.42 bits per heavy atom. The second kappa shape index (κ2) is 10.7. The molecule has 53 heavy (non-hydrogen) atoms. The third-order valence-electron chi connectivity index (χ3n) is 11.1. The molecule has 0 amide bonds. The van der Waals surface area contributed by atoms with Gasteiger partial charge in [0.25, 0.3) is 0 Å². The van der Waals surface area contributed by atoms with Crippen LogP contribution in [-0.4, -0.2) is 0 Å². The van der Waals surface area contributed by atoms with Crippen LogP contribution in [0.1, 0.15) is 0 Å². The summed E-state index contributed by atoms with van der Waals surface area (Å²) in [5.74, 6) is 0. The number of furan rings is 3. The summed E-state index contributed by atoms with van der Waals surface area (Å²) in [6.45, 7) is 0. The summed E-state index contributed by atoms with van der Waals surface area (Å²) in [5, 5.41) is 11.3. The third-order valence-corrected chi connectivity index (χ3v) is 11.1. The zero-order chi connectivity index (χ0) is 34.6. The first kappa shape index (κ1) is 28.6. The van der Waals surface area contributed by atoms with Gasteiger partial charge in [0.15, 0.2) is 0 Å². The van der Waals surface area contributed by atoms with Crippen molar-refractivity contribution in [3.05, 3.63) is 170 Å². The molecule has 3 nitrogen and oxygen atoms in total. The maximum absolute atomic E-state index is 6.92. The standard InChI is InChI=1S/C50H28O3/c1-2-12-29(13-3-1)31-19-10-21-38-47-43(52-49(31)38)26-27-44-48(47)39-22-11-20-37(50(39)53-44)46-35-17-6-4-15-33(35)45(34-16-5-7-18-36(34)46)30-24-25-42-40(28-30)32-14-8-9-23-41(32)51-42/h1-28H. The first-order chi connectivity index (χ1) is 26.3. The monoisotopic (exact) mass is 676 g/mol. The largest absolute Gasteiger partial charge is 0.456 e. The van der Waals surface area contributed by atoms with Gasteiger partial charge in [-0.1, -0.05) is 140 Å². The molecule has 0 spiro atoms. The highest BCUT2D eigenvalue weighted by atomic mass is 16.3. The number of fused-ring (bicyclic) bond motifs is 12. The van der Waals surface area contributed by atoms with Crippen molar-refractivity contribution in [2.24, 2.45) is 0 Å². The fourth-order valence-corrected chi connectivity index (χ4v) is 8.83. The van der Waals surface area contributed by atoms with Crippen molar-refractivity contribution in [3.8, 4) is 33.4 Å². The minimum atomic E-state index is 0.846. The highest BCUT2D eigenvalue weighted by Gasteiger charge is 2.23. The fourth-order valence-electron chi connectivity index (χ4n) is 8.83. The molecule has 0 bridgehead atoms. The van der Waals surface area contributed by atoms with Crippen molar-refractivity contribution < 1.29 is 13.3 Å². The summed E-state index contributed by atoms with van der Waals surface area (Å²) in [5.41, 5.74) is 12.1. The lowest BCUT2D eigenvalue weighted by Gasteiger charge is -2.18. The maximum Gasteiger partial charge on any atom is 0.143 e. The van der Waals surface area contributed by atoms with Gasteiger partial charge in [-0.3, -0.25) is 0 Å². The Balaban J connectivity index is 1.15. The van der Waals surface area contributed by atoms with E-state index < -0.39 is 0 Å². The van der Waals surface area contributed by atoms with E-state index in [4.69, 9.17) is 13.3 Å². The SMILES string of the molecule is c1ccc(-c2cccc3c2oc2ccc4oc5c(-c6c7ccccc7c(-c7ccc8oc9ccccc9c8c7)c7ccccc67)cccc5c4c23)cc1. The van der Waals surface area contributed by atoms with Crippen LogP contribution >= 0.6 is 0 Å². The molecule has 9 aromatic carbocycles. The van der Waals surface area contributed by atoms with E-state index in [1.807, 2.05) is 24.3 Å². The Hall–Kier alpha value is -7.10. The quantitative estimate of drug-likeness (QED) is 0.175. The number of rotatable bonds is 3. The van der Waals surface area contributed by atoms with Crippen LogP contribution in [0.4, 0.5) is 0 Å². The Labute approximate surface area is 302 Å². The highest BCUT2D eigenvalue weighted by Crippen LogP contribution is 2.49. The van der Waals surface area contributed by atoms with E-state index in [-0.39, 0.29) is 0 Å². The molecule has 0 aliphatic rings. The maximum atomic E-state index is 6.92. The molecule has 0 atom stereocenters. The van der Waals surface area contributed by atoms with Crippen molar-refractivity contribution in [1.82, 2.24) is 0 Å². The number of hydrogen-bond donors (Lipinski definition) is 0. The molecule has 12 aromatic rings. The molecule has 0 aliphatic carbocycles.